The number of hydrogen-bond donors (Lipinski definition) is 2. The maximum atomic E-state index is 13.0. The van der Waals surface area contributed by atoms with Crippen LogP contribution in [0.2, 0.25) is 0 Å². The van der Waals surface area contributed by atoms with Gasteiger partial charge in [0.15, 0.2) is 0 Å². The minimum atomic E-state index is -0.108. The summed E-state index contributed by atoms with van der Waals surface area (Å²) in [5.41, 5.74) is 2.61. The molecule has 1 saturated heterocycles. The highest BCUT2D eigenvalue weighted by Gasteiger charge is 2.28. The van der Waals surface area contributed by atoms with Gasteiger partial charge in [-0.3, -0.25) is 14.4 Å². The number of hydrogen-bond acceptors (Lipinski definition) is 3. The third-order valence-corrected chi connectivity index (χ3v) is 5.81. The van der Waals surface area contributed by atoms with Crippen LogP contribution >= 0.6 is 0 Å². The number of likely N-dealkylation sites (tertiary alicyclic amines) is 1. The summed E-state index contributed by atoms with van der Waals surface area (Å²) in [6.07, 6.45) is 2.28. The van der Waals surface area contributed by atoms with Gasteiger partial charge in [-0.1, -0.05) is 49.4 Å². The molecule has 0 saturated carbocycles. The third kappa shape index (κ3) is 6.17. The van der Waals surface area contributed by atoms with Gasteiger partial charge in [-0.2, -0.15) is 0 Å². The van der Waals surface area contributed by atoms with Crippen molar-refractivity contribution in [1.29, 1.82) is 0 Å². The number of carbonyl (C=O) groups is 3. The average molecular weight is 422 g/mol. The molecule has 31 heavy (non-hydrogen) atoms. The second-order valence-corrected chi connectivity index (χ2v) is 8.05. The molecule has 1 heterocycles. The Morgan fingerprint density at radius 3 is 2.23 bits per heavy atom. The first-order valence-electron chi connectivity index (χ1n) is 11.0. The molecule has 1 aliphatic rings. The van der Waals surface area contributed by atoms with Crippen molar-refractivity contribution in [2.75, 3.05) is 13.1 Å². The van der Waals surface area contributed by atoms with E-state index < -0.39 is 0 Å². The van der Waals surface area contributed by atoms with Crippen LogP contribution in [0.1, 0.15) is 60.5 Å². The zero-order valence-corrected chi connectivity index (χ0v) is 18.3. The van der Waals surface area contributed by atoms with Crippen LogP contribution in [0.25, 0.3) is 0 Å². The predicted molar refractivity (Wildman–Crippen MR) is 121 cm³/mol. The molecule has 1 aliphatic heterocycles. The SMILES string of the molecule is CCC(C(=O)N1CCC(NC(=O)c2ccc(CNC(C)=O)cc2)CC1)c1ccccc1. The summed E-state index contributed by atoms with van der Waals surface area (Å²) < 4.78 is 0. The second kappa shape index (κ2) is 10.8. The Hall–Kier alpha value is -3.15. The number of benzene rings is 2. The smallest absolute Gasteiger partial charge is 0.251 e. The molecule has 1 unspecified atom stereocenters. The van der Waals surface area contributed by atoms with Crippen molar-refractivity contribution in [2.45, 2.75) is 51.6 Å². The highest BCUT2D eigenvalue weighted by atomic mass is 16.2. The molecule has 0 bridgehead atoms. The number of piperidine rings is 1. The molecule has 6 heteroatoms. The summed E-state index contributed by atoms with van der Waals surface area (Å²) in [7, 11) is 0. The molecule has 2 aromatic rings. The Labute approximate surface area is 184 Å². The van der Waals surface area contributed by atoms with Gasteiger partial charge in [0.2, 0.25) is 11.8 Å². The molecule has 1 atom stereocenters. The fourth-order valence-corrected chi connectivity index (χ4v) is 3.97. The lowest BCUT2D eigenvalue weighted by Gasteiger charge is -2.34. The summed E-state index contributed by atoms with van der Waals surface area (Å²) in [4.78, 5) is 38.5. The lowest BCUT2D eigenvalue weighted by atomic mass is 9.93. The Morgan fingerprint density at radius 1 is 1.00 bits per heavy atom. The molecule has 164 valence electrons. The Balaban J connectivity index is 1.50. The minimum absolute atomic E-state index is 0.0624. The molecule has 0 radical (unpaired) electrons. The van der Waals surface area contributed by atoms with Gasteiger partial charge in [0.25, 0.3) is 5.91 Å². The van der Waals surface area contributed by atoms with E-state index in [1.807, 2.05) is 54.3 Å². The molecule has 1 fully saturated rings. The number of nitrogens with zero attached hydrogens (tertiary/aromatic N) is 1. The molecular weight excluding hydrogens is 390 g/mol. The number of amides is 3. The summed E-state index contributed by atoms with van der Waals surface area (Å²) in [5.74, 6) is -0.121. The summed E-state index contributed by atoms with van der Waals surface area (Å²) in [6, 6.07) is 17.2. The predicted octanol–water partition coefficient (Wildman–Crippen LogP) is 3.24. The van der Waals surface area contributed by atoms with E-state index in [0.29, 0.717) is 25.2 Å². The third-order valence-electron chi connectivity index (χ3n) is 5.81. The molecule has 3 rings (SSSR count). The maximum absolute atomic E-state index is 13.0. The minimum Gasteiger partial charge on any atom is -0.352 e. The van der Waals surface area contributed by atoms with Crippen molar-refractivity contribution in [2.24, 2.45) is 0 Å². The summed E-state index contributed by atoms with van der Waals surface area (Å²) in [6.45, 7) is 5.28. The van der Waals surface area contributed by atoms with Crippen LogP contribution in [-0.2, 0) is 16.1 Å². The lowest BCUT2D eigenvalue weighted by molar-refractivity contribution is -0.134. The van der Waals surface area contributed by atoms with Crippen molar-refractivity contribution < 1.29 is 14.4 Å². The monoisotopic (exact) mass is 421 g/mol. The Kier molecular flexibility index (Phi) is 7.82. The fraction of sp³-hybridized carbons (Fsp3) is 0.400. The number of carbonyl (C=O) groups excluding carboxylic acids is 3. The van der Waals surface area contributed by atoms with Gasteiger partial charge < -0.3 is 15.5 Å². The summed E-state index contributed by atoms with van der Waals surface area (Å²) in [5, 5.41) is 5.83. The van der Waals surface area contributed by atoms with Gasteiger partial charge in [0.1, 0.15) is 0 Å². The van der Waals surface area contributed by atoms with E-state index in [0.717, 1.165) is 30.4 Å². The molecule has 0 spiro atoms. The van der Waals surface area contributed by atoms with E-state index in [2.05, 4.69) is 10.6 Å². The molecule has 0 aromatic heterocycles. The first-order chi connectivity index (χ1) is 15.0. The van der Waals surface area contributed by atoms with Crippen molar-refractivity contribution in [1.82, 2.24) is 15.5 Å². The fourth-order valence-electron chi connectivity index (χ4n) is 3.97. The van der Waals surface area contributed by atoms with E-state index in [1.165, 1.54) is 6.92 Å². The van der Waals surface area contributed by atoms with Crippen LogP contribution in [0.5, 0.6) is 0 Å². The van der Waals surface area contributed by atoms with Gasteiger partial charge in [-0.25, -0.2) is 0 Å². The summed E-state index contributed by atoms with van der Waals surface area (Å²) >= 11 is 0. The number of nitrogens with one attached hydrogen (secondary N) is 2. The zero-order chi connectivity index (χ0) is 22.2. The largest absolute Gasteiger partial charge is 0.352 e. The van der Waals surface area contributed by atoms with Gasteiger partial charge in [-0.15, -0.1) is 0 Å². The van der Waals surface area contributed by atoms with Gasteiger partial charge in [0.05, 0.1) is 5.92 Å². The lowest BCUT2D eigenvalue weighted by Crippen LogP contribution is -2.47. The van der Waals surface area contributed by atoms with Crippen LogP contribution in [0.4, 0.5) is 0 Å². The topological polar surface area (TPSA) is 78.5 Å². The quantitative estimate of drug-likeness (QED) is 0.720. The average Bonchev–Trinajstić information content (AvgIpc) is 2.79. The molecular formula is C25H31N3O3. The van der Waals surface area contributed by atoms with E-state index in [9.17, 15) is 14.4 Å². The van der Waals surface area contributed by atoms with Gasteiger partial charge in [0, 0.05) is 38.2 Å². The van der Waals surface area contributed by atoms with Gasteiger partial charge >= 0.3 is 0 Å². The van der Waals surface area contributed by atoms with Crippen molar-refractivity contribution in [3.8, 4) is 0 Å². The highest BCUT2D eigenvalue weighted by Crippen LogP contribution is 2.24. The van der Waals surface area contributed by atoms with Crippen LogP contribution in [0, 0.1) is 0 Å². The van der Waals surface area contributed by atoms with Crippen LogP contribution in [-0.4, -0.2) is 41.8 Å². The standard InChI is InChI=1S/C25H31N3O3/c1-3-23(20-7-5-4-6-8-20)25(31)28-15-13-22(14-16-28)27-24(30)21-11-9-19(10-12-21)17-26-18(2)29/h4-12,22-23H,3,13-17H2,1-2H3,(H,26,29)(H,27,30). The molecule has 3 amide bonds. The molecule has 6 nitrogen and oxygen atoms in total. The maximum Gasteiger partial charge on any atom is 0.251 e. The van der Waals surface area contributed by atoms with Crippen LogP contribution in [0.15, 0.2) is 54.6 Å². The highest BCUT2D eigenvalue weighted by molar-refractivity contribution is 5.94. The molecule has 0 aliphatic carbocycles. The van der Waals surface area contributed by atoms with E-state index in [4.69, 9.17) is 0 Å². The van der Waals surface area contributed by atoms with Crippen molar-refractivity contribution >= 4 is 17.7 Å². The first kappa shape index (κ1) is 22.5. The second-order valence-electron chi connectivity index (χ2n) is 8.05. The van der Waals surface area contributed by atoms with Crippen LogP contribution in [0.3, 0.4) is 0 Å². The molecule has 2 aromatic carbocycles. The van der Waals surface area contributed by atoms with Crippen LogP contribution < -0.4 is 10.6 Å². The van der Waals surface area contributed by atoms with Crippen molar-refractivity contribution in [3.63, 3.8) is 0 Å². The van der Waals surface area contributed by atoms with Gasteiger partial charge in [-0.05, 0) is 42.5 Å². The molecule has 2 N–H and O–H groups in total. The Bertz CT molecular complexity index is 888. The van der Waals surface area contributed by atoms with Crippen molar-refractivity contribution in [3.05, 3.63) is 71.3 Å². The zero-order valence-electron chi connectivity index (χ0n) is 18.3. The normalized spacial score (nSPS) is 15.2. The first-order valence-corrected chi connectivity index (χ1v) is 11.0. The van der Waals surface area contributed by atoms with E-state index in [-0.39, 0.29) is 29.7 Å². The van der Waals surface area contributed by atoms with E-state index >= 15 is 0 Å². The number of rotatable bonds is 7. The Morgan fingerprint density at radius 2 is 1.65 bits per heavy atom. The van der Waals surface area contributed by atoms with E-state index in [1.54, 1.807) is 12.1 Å².